The molecule has 0 bridgehead atoms. The van der Waals surface area contributed by atoms with E-state index in [1.54, 1.807) is 11.8 Å². The first-order chi connectivity index (χ1) is 17.2. The van der Waals surface area contributed by atoms with Gasteiger partial charge in [0.1, 0.15) is 10.8 Å². The fraction of sp³-hybridized carbons (Fsp3) is 0.241. The molecule has 0 radical (unpaired) electrons. The first-order valence-corrected chi connectivity index (χ1v) is 13.6. The van der Waals surface area contributed by atoms with Gasteiger partial charge in [-0.25, -0.2) is 9.97 Å². The highest BCUT2D eigenvalue weighted by atomic mass is 35.5. The van der Waals surface area contributed by atoms with E-state index in [-0.39, 0.29) is 5.28 Å². The van der Waals surface area contributed by atoms with Gasteiger partial charge in [0, 0.05) is 40.9 Å². The Hall–Kier alpha value is -3.02. The van der Waals surface area contributed by atoms with Gasteiger partial charge in [-0.05, 0) is 73.5 Å². The third-order valence-corrected chi connectivity index (χ3v) is 7.82. The lowest BCUT2D eigenvalue weighted by Crippen LogP contribution is -2.34. The van der Waals surface area contributed by atoms with Gasteiger partial charge >= 0.3 is 0 Å². The fourth-order valence-corrected chi connectivity index (χ4v) is 6.04. The number of ether oxygens (including phenoxy) is 1. The molecule has 1 atom stereocenters. The maximum Gasteiger partial charge on any atom is 0.224 e. The molecule has 0 amide bonds. The van der Waals surface area contributed by atoms with Crippen molar-refractivity contribution in [1.82, 2.24) is 9.97 Å². The van der Waals surface area contributed by atoms with E-state index in [0.717, 1.165) is 51.5 Å². The Morgan fingerprint density at radius 3 is 2.37 bits per heavy atom. The summed E-state index contributed by atoms with van der Waals surface area (Å²) in [5.41, 5.74) is 4.55. The summed E-state index contributed by atoms with van der Waals surface area (Å²) in [4.78, 5) is 11.4. The number of fused-ring (bicyclic) bond motifs is 3. The molecule has 1 aromatic heterocycles. The number of benzene rings is 3. The SMILES string of the molecule is CSc1nc(Cl)nc2ccc3c(c12)C=CC(c1ccccc1)(c1ccc(N2CCCCC2)cc1)O3. The van der Waals surface area contributed by atoms with Gasteiger partial charge in [-0.15, -0.1) is 11.8 Å². The lowest BCUT2D eigenvalue weighted by Gasteiger charge is -2.37. The van der Waals surface area contributed by atoms with Gasteiger partial charge in [0.2, 0.25) is 5.28 Å². The van der Waals surface area contributed by atoms with Gasteiger partial charge in [0.25, 0.3) is 0 Å². The standard InChI is InChI=1S/C29H26ClN3OS/c1-35-27-26-23-16-17-29(20-8-4-2-5-9-20,34-25(23)15-14-24(26)31-28(30)32-27)21-10-12-22(13-11-21)33-18-6-3-7-19-33/h2,4-5,8-17H,3,6-7,18-19H2,1H3. The monoisotopic (exact) mass is 499 g/mol. The van der Waals surface area contributed by atoms with Crippen LogP contribution in [0.2, 0.25) is 5.28 Å². The molecule has 6 heteroatoms. The van der Waals surface area contributed by atoms with E-state index in [4.69, 9.17) is 16.3 Å². The number of halogens is 1. The summed E-state index contributed by atoms with van der Waals surface area (Å²) < 4.78 is 6.92. The van der Waals surface area contributed by atoms with E-state index in [0.29, 0.717) is 0 Å². The van der Waals surface area contributed by atoms with Crippen LogP contribution in [-0.4, -0.2) is 29.3 Å². The largest absolute Gasteiger partial charge is 0.473 e. The van der Waals surface area contributed by atoms with E-state index < -0.39 is 5.60 Å². The molecule has 1 saturated heterocycles. The van der Waals surface area contributed by atoms with Crippen LogP contribution in [0.1, 0.15) is 36.0 Å². The predicted octanol–water partition coefficient (Wildman–Crippen LogP) is 7.34. The van der Waals surface area contributed by atoms with Crippen molar-refractivity contribution in [2.45, 2.75) is 29.9 Å². The molecule has 1 fully saturated rings. The van der Waals surface area contributed by atoms with Crippen molar-refractivity contribution >= 4 is 46.0 Å². The topological polar surface area (TPSA) is 38.2 Å². The van der Waals surface area contributed by atoms with E-state index in [9.17, 15) is 0 Å². The highest BCUT2D eigenvalue weighted by Crippen LogP contribution is 2.45. The van der Waals surface area contributed by atoms with E-state index in [2.05, 4.69) is 75.6 Å². The summed E-state index contributed by atoms with van der Waals surface area (Å²) in [6.07, 6.45) is 10.2. The number of rotatable bonds is 4. The quantitative estimate of drug-likeness (QED) is 0.167. The molecule has 3 aromatic carbocycles. The zero-order chi connectivity index (χ0) is 23.8. The molecule has 0 spiro atoms. The first-order valence-electron chi connectivity index (χ1n) is 12.0. The number of nitrogens with zero attached hydrogens (tertiary/aromatic N) is 3. The maximum absolute atomic E-state index is 6.92. The molecular formula is C29H26ClN3OS. The molecule has 6 rings (SSSR count). The second kappa shape index (κ2) is 9.21. The Kier molecular flexibility index (Phi) is 5.91. The summed E-state index contributed by atoms with van der Waals surface area (Å²) in [7, 11) is 0. The highest BCUT2D eigenvalue weighted by Gasteiger charge is 2.37. The van der Waals surface area contributed by atoms with Crippen LogP contribution in [0.3, 0.4) is 0 Å². The number of thioether (sulfide) groups is 1. The van der Waals surface area contributed by atoms with Crippen molar-refractivity contribution in [2.24, 2.45) is 0 Å². The minimum atomic E-state index is -0.727. The van der Waals surface area contributed by atoms with Gasteiger partial charge in [-0.2, -0.15) is 0 Å². The zero-order valence-electron chi connectivity index (χ0n) is 19.6. The Balaban J connectivity index is 1.47. The van der Waals surface area contributed by atoms with Crippen LogP contribution >= 0.6 is 23.4 Å². The van der Waals surface area contributed by atoms with Gasteiger partial charge in [0.05, 0.1) is 5.52 Å². The van der Waals surface area contributed by atoms with E-state index in [1.165, 1.54) is 24.9 Å². The van der Waals surface area contributed by atoms with Crippen LogP contribution < -0.4 is 9.64 Å². The van der Waals surface area contributed by atoms with Crippen molar-refractivity contribution in [1.29, 1.82) is 0 Å². The normalized spacial score (nSPS) is 19.4. The molecule has 1 unspecified atom stereocenters. The Labute approximate surface area is 215 Å². The third-order valence-electron chi connectivity index (χ3n) is 6.97. The minimum Gasteiger partial charge on any atom is -0.473 e. The average molecular weight is 500 g/mol. The summed E-state index contributed by atoms with van der Waals surface area (Å²) in [6, 6.07) is 23.3. The minimum absolute atomic E-state index is 0.259. The zero-order valence-corrected chi connectivity index (χ0v) is 21.1. The molecule has 0 aliphatic carbocycles. The van der Waals surface area contributed by atoms with E-state index in [1.807, 2.05) is 24.5 Å². The van der Waals surface area contributed by atoms with Crippen molar-refractivity contribution in [3.8, 4) is 5.75 Å². The van der Waals surface area contributed by atoms with Crippen LogP contribution in [0, 0.1) is 0 Å². The number of hydrogen-bond acceptors (Lipinski definition) is 5. The molecular weight excluding hydrogens is 474 g/mol. The van der Waals surface area contributed by atoms with Crippen LogP contribution in [0.4, 0.5) is 5.69 Å². The van der Waals surface area contributed by atoms with Crippen molar-refractivity contribution in [3.63, 3.8) is 0 Å². The third kappa shape index (κ3) is 3.97. The van der Waals surface area contributed by atoms with Crippen molar-refractivity contribution in [2.75, 3.05) is 24.2 Å². The van der Waals surface area contributed by atoms with Gasteiger partial charge in [-0.3, -0.25) is 0 Å². The Morgan fingerprint density at radius 2 is 1.63 bits per heavy atom. The summed E-state index contributed by atoms with van der Waals surface area (Å²) in [5.74, 6) is 0.810. The molecule has 0 saturated carbocycles. The van der Waals surface area contributed by atoms with Crippen molar-refractivity contribution < 1.29 is 4.74 Å². The number of hydrogen-bond donors (Lipinski definition) is 0. The summed E-state index contributed by atoms with van der Waals surface area (Å²) >= 11 is 7.74. The average Bonchev–Trinajstić information content (AvgIpc) is 2.93. The van der Waals surface area contributed by atoms with Crippen LogP contribution in [0.15, 0.2) is 77.8 Å². The van der Waals surface area contributed by atoms with Crippen LogP contribution in [0.25, 0.3) is 17.0 Å². The maximum atomic E-state index is 6.92. The van der Waals surface area contributed by atoms with Gasteiger partial charge in [-0.1, -0.05) is 42.5 Å². The number of anilines is 1. The van der Waals surface area contributed by atoms with Crippen LogP contribution in [0.5, 0.6) is 5.75 Å². The smallest absolute Gasteiger partial charge is 0.224 e. The molecule has 35 heavy (non-hydrogen) atoms. The van der Waals surface area contributed by atoms with Gasteiger partial charge < -0.3 is 9.64 Å². The number of aromatic nitrogens is 2. The molecule has 4 aromatic rings. The molecule has 4 nitrogen and oxygen atoms in total. The summed E-state index contributed by atoms with van der Waals surface area (Å²) in [5, 5.41) is 2.08. The predicted molar refractivity (Wildman–Crippen MR) is 146 cm³/mol. The Bertz CT molecular complexity index is 1400. The Morgan fingerprint density at radius 1 is 0.886 bits per heavy atom. The second-order valence-electron chi connectivity index (χ2n) is 9.01. The first kappa shape index (κ1) is 22.4. The molecule has 3 heterocycles. The molecule has 176 valence electrons. The molecule has 2 aliphatic rings. The highest BCUT2D eigenvalue weighted by molar-refractivity contribution is 7.98. The summed E-state index contributed by atoms with van der Waals surface area (Å²) in [6.45, 7) is 2.26. The molecule has 0 N–H and O–H groups in total. The fourth-order valence-electron chi connectivity index (χ4n) is 5.22. The lowest BCUT2D eigenvalue weighted by molar-refractivity contribution is 0.161. The van der Waals surface area contributed by atoms with Crippen LogP contribution in [-0.2, 0) is 5.60 Å². The second-order valence-corrected chi connectivity index (χ2v) is 10.1. The van der Waals surface area contributed by atoms with E-state index >= 15 is 0 Å². The van der Waals surface area contributed by atoms with Gasteiger partial charge in [0.15, 0.2) is 5.60 Å². The molecule has 2 aliphatic heterocycles. The number of piperidine rings is 1. The lowest BCUT2D eigenvalue weighted by atomic mass is 9.83. The van der Waals surface area contributed by atoms with Crippen molar-refractivity contribution in [3.05, 3.63) is 94.8 Å².